The number of aliphatic imine (C=N–C) groups is 1. The third-order valence-electron chi connectivity index (χ3n) is 8.14. The second-order valence-electron chi connectivity index (χ2n) is 11.1. The van der Waals surface area contributed by atoms with Crippen LogP contribution in [0, 0.1) is 12.8 Å². The van der Waals surface area contributed by atoms with Crippen molar-refractivity contribution in [3.05, 3.63) is 70.3 Å². The van der Waals surface area contributed by atoms with Crippen molar-refractivity contribution in [2.45, 2.75) is 112 Å². The monoisotopic (exact) mass is 527 g/mol. The zero-order chi connectivity index (χ0) is 28.2. The van der Waals surface area contributed by atoms with Crippen LogP contribution in [0.3, 0.4) is 0 Å². The Hall–Kier alpha value is -3.01. The first-order valence-corrected chi connectivity index (χ1v) is 15.1. The van der Waals surface area contributed by atoms with E-state index < -0.39 is 0 Å². The summed E-state index contributed by atoms with van der Waals surface area (Å²) in [6.45, 7) is 12.5. The van der Waals surface area contributed by atoms with Crippen LogP contribution in [-0.4, -0.2) is 21.5 Å². The molecule has 210 valence electrons. The van der Waals surface area contributed by atoms with E-state index >= 15 is 0 Å². The Morgan fingerprint density at radius 1 is 1.15 bits per heavy atom. The van der Waals surface area contributed by atoms with Gasteiger partial charge >= 0.3 is 0 Å². The molecule has 2 aromatic rings. The number of aryl methyl sites for hydroxylation is 3. The van der Waals surface area contributed by atoms with Crippen molar-refractivity contribution in [2.24, 2.45) is 10.9 Å². The second kappa shape index (κ2) is 15.5. The van der Waals surface area contributed by atoms with Gasteiger partial charge in [-0.05, 0) is 107 Å². The van der Waals surface area contributed by atoms with E-state index in [0.717, 1.165) is 49.2 Å². The van der Waals surface area contributed by atoms with Gasteiger partial charge in [0.25, 0.3) is 0 Å². The molecule has 4 nitrogen and oxygen atoms in total. The molecule has 1 aromatic heterocycles. The molecule has 39 heavy (non-hydrogen) atoms. The lowest BCUT2D eigenvalue weighted by Crippen LogP contribution is -2.08. The second-order valence-corrected chi connectivity index (χ2v) is 11.1. The molecule has 0 aliphatic heterocycles. The molecule has 1 heterocycles. The highest BCUT2D eigenvalue weighted by Crippen LogP contribution is 2.32. The highest BCUT2D eigenvalue weighted by molar-refractivity contribution is 5.99. The number of aromatic nitrogens is 2. The summed E-state index contributed by atoms with van der Waals surface area (Å²) in [7, 11) is 0. The van der Waals surface area contributed by atoms with Gasteiger partial charge in [0, 0.05) is 29.8 Å². The predicted octanol–water partition coefficient (Wildman–Crippen LogP) is 9.54. The Bertz CT molecular complexity index is 1220. The lowest BCUT2D eigenvalue weighted by Gasteiger charge is -2.22. The van der Waals surface area contributed by atoms with Crippen LogP contribution in [0.25, 0.3) is 17.3 Å². The Morgan fingerprint density at radius 3 is 2.59 bits per heavy atom. The van der Waals surface area contributed by atoms with E-state index in [0.29, 0.717) is 0 Å². The van der Waals surface area contributed by atoms with Gasteiger partial charge in [0.1, 0.15) is 5.82 Å². The van der Waals surface area contributed by atoms with Gasteiger partial charge in [0.2, 0.25) is 0 Å². The number of hydrogen-bond donors (Lipinski definition) is 1. The molecule has 4 heteroatoms. The highest BCUT2D eigenvalue weighted by Gasteiger charge is 2.16. The molecule has 0 bridgehead atoms. The fourth-order valence-electron chi connectivity index (χ4n) is 5.15. The van der Waals surface area contributed by atoms with Gasteiger partial charge in [0.05, 0.1) is 11.9 Å². The maximum absolute atomic E-state index is 12.3. The maximum atomic E-state index is 12.3. The van der Waals surface area contributed by atoms with Crippen LogP contribution < -0.4 is 0 Å². The number of H-pyrrole nitrogens is 1. The number of aromatic amines is 1. The fraction of sp³-hybridized carbons (Fsp3) is 0.514. The van der Waals surface area contributed by atoms with Gasteiger partial charge in [-0.15, -0.1) is 0 Å². The summed E-state index contributed by atoms with van der Waals surface area (Å²) in [4.78, 5) is 25.3. The predicted molar refractivity (Wildman–Crippen MR) is 167 cm³/mol. The van der Waals surface area contributed by atoms with E-state index in [2.05, 4.69) is 49.8 Å². The fourth-order valence-corrected chi connectivity index (χ4v) is 5.15. The lowest BCUT2D eigenvalue weighted by molar-refractivity contribution is -0.117. The van der Waals surface area contributed by atoms with E-state index in [1.807, 2.05) is 38.4 Å². The van der Waals surface area contributed by atoms with Crippen molar-refractivity contribution in [2.75, 3.05) is 0 Å². The van der Waals surface area contributed by atoms with E-state index in [1.165, 1.54) is 66.5 Å². The Morgan fingerprint density at radius 2 is 1.92 bits per heavy atom. The molecule has 1 unspecified atom stereocenters. The number of hydrogen-bond acceptors (Lipinski definition) is 3. The number of carbonyl (C=O) groups excluding carboxylic acids is 1. The van der Waals surface area contributed by atoms with Crippen LogP contribution in [0.15, 0.2) is 52.8 Å². The van der Waals surface area contributed by atoms with Crippen molar-refractivity contribution in [3.8, 4) is 11.3 Å². The number of imidazole rings is 1. The summed E-state index contributed by atoms with van der Waals surface area (Å²) in [5, 5.41) is 0. The number of ketones is 1. The molecule has 1 aliphatic carbocycles. The molecule has 1 saturated carbocycles. The average molecular weight is 528 g/mol. The first-order valence-electron chi connectivity index (χ1n) is 15.1. The molecular weight excluding hydrogens is 478 g/mol. The summed E-state index contributed by atoms with van der Waals surface area (Å²) in [6, 6.07) is 4.46. The molecule has 0 radical (unpaired) electrons. The van der Waals surface area contributed by atoms with Gasteiger partial charge in [0.15, 0.2) is 5.78 Å². The first kappa shape index (κ1) is 30.5. The van der Waals surface area contributed by atoms with Gasteiger partial charge in [-0.1, -0.05) is 57.4 Å². The van der Waals surface area contributed by atoms with Crippen molar-refractivity contribution in [1.82, 2.24) is 9.97 Å². The van der Waals surface area contributed by atoms with Crippen molar-refractivity contribution < 1.29 is 4.79 Å². The number of nitrogens with one attached hydrogen (secondary N) is 1. The zero-order valence-corrected chi connectivity index (χ0v) is 25.2. The minimum atomic E-state index is 0.0640. The molecule has 0 amide bonds. The summed E-state index contributed by atoms with van der Waals surface area (Å²) in [5.74, 6) is 1.31. The summed E-state index contributed by atoms with van der Waals surface area (Å²) < 4.78 is 0. The quantitative estimate of drug-likeness (QED) is 0.142. The molecule has 0 spiro atoms. The van der Waals surface area contributed by atoms with E-state index in [1.54, 1.807) is 11.6 Å². The van der Waals surface area contributed by atoms with Crippen LogP contribution >= 0.6 is 0 Å². The third-order valence-corrected chi connectivity index (χ3v) is 8.14. The molecule has 1 atom stereocenters. The summed E-state index contributed by atoms with van der Waals surface area (Å²) in [6.07, 6.45) is 22.2. The van der Waals surface area contributed by atoms with Crippen LogP contribution in [0.1, 0.15) is 115 Å². The first-order chi connectivity index (χ1) is 18.9. The molecule has 1 N–H and O–H groups in total. The standard InChI is InChI=1S/C35H49N3O/c1-7-21-36-27(6)31(29-15-14-16-29)17-12-10-11-13-18-35-37-24-33(38-35)32-23-30(26(5)22-28(32)9-3)19-20-34(39)25(4)8-2/h7,19-25H,8-18H2,1-6H3,(H,37,38)/b20-19-,21-7-,36-27+. The van der Waals surface area contributed by atoms with Gasteiger partial charge in [-0.2, -0.15) is 0 Å². The number of benzene rings is 1. The van der Waals surface area contributed by atoms with Crippen molar-refractivity contribution in [3.63, 3.8) is 0 Å². The maximum Gasteiger partial charge on any atom is 0.158 e. The van der Waals surface area contributed by atoms with Gasteiger partial charge in [-0.3, -0.25) is 9.79 Å². The largest absolute Gasteiger partial charge is 0.342 e. The van der Waals surface area contributed by atoms with Crippen molar-refractivity contribution in [1.29, 1.82) is 0 Å². The Kier molecular flexibility index (Phi) is 12.2. The average Bonchev–Trinajstić information content (AvgIpc) is 3.38. The van der Waals surface area contributed by atoms with Gasteiger partial charge < -0.3 is 4.98 Å². The lowest BCUT2D eigenvalue weighted by atomic mass is 9.84. The molecule has 1 aromatic carbocycles. The minimum absolute atomic E-state index is 0.0640. The molecule has 1 fully saturated rings. The van der Waals surface area contributed by atoms with Crippen LogP contribution in [0.5, 0.6) is 0 Å². The number of rotatable bonds is 15. The van der Waals surface area contributed by atoms with Crippen LogP contribution in [0.4, 0.5) is 0 Å². The number of carbonyl (C=O) groups is 1. The molecule has 1 aliphatic rings. The highest BCUT2D eigenvalue weighted by atomic mass is 16.1. The number of nitrogens with zero attached hydrogens (tertiary/aromatic N) is 2. The van der Waals surface area contributed by atoms with E-state index in [4.69, 9.17) is 4.98 Å². The normalized spacial score (nSPS) is 14.8. The van der Waals surface area contributed by atoms with Crippen molar-refractivity contribution >= 4 is 17.6 Å². The summed E-state index contributed by atoms with van der Waals surface area (Å²) in [5.41, 5.74) is 10.2. The SMILES string of the molecule is C/C=C\N=C(/C)C(CCCCCCc1ncc(-c2cc(/C=C\C(=O)C(C)CC)c(C)cc2CC)[nH]1)=C1CCC1. The van der Waals surface area contributed by atoms with Crippen LogP contribution in [0.2, 0.25) is 0 Å². The smallest absolute Gasteiger partial charge is 0.158 e. The van der Waals surface area contributed by atoms with E-state index in [-0.39, 0.29) is 11.7 Å². The molecule has 0 saturated heterocycles. The minimum Gasteiger partial charge on any atom is -0.342 e. The third kappa shape index (κ3) is 8.74. The Balaban J connectivity index is 1.56. The zero-order valence-electron chi connectivity index (χ0n) is 25.2. The van der Waals surface area contributed by atoms with Gasteiger partial charge in [-0.25, -0.2) is 4.98 Å². The Labute approximate surface area is 236 Å². The molecular formula is C35H49N3O. The number of allylic oxidation sites excluding steroid dienone is 4. The van der Waals surface area contributed by atoms with Crippen LogP contribution in [-0.2, 0) is 17.6 Å². The van der Waals surface area contributed by atoms with E-state index in [9.17, 15) is 4.79 Å². The number of unbranched alkanes of at least 4 members (excludes halogenated alkanes) is 3. The topological polar surface area (TPSA) is 58.1 Å². The summed E-state index contributed by atoms with van der Waals surface area (Å²) >= 11 is 0. The molecule has 3 rings (SSSR count).